The van der Waals surface area contributed by atoms with Crippen molar-refractivity contribution in [1.29, 1.82) is 0 Å². The van der Waals surface area contributed by atoms with Crippen molar-refractivity contribution in [3.63, 3.8) is 0 Å². The number of fused-ring (bicyclic) bond motifs is 1. The number of hydrogen-bond donors (Lipinski definition) is 0. The summed E-state index contributed by atoms with van der Waals surface area (Å²) < 4.78 is 6.52. The van der Waals surface area contributed by atoms with E-state index in [9.17, 15) is 14.4 Å². The second kappa shape index (κ2) is 12.2. The molecule has 7 nitrogen and oxygen atoms in total. The largest absolute Gasteiger partial charge is 0.466 e. The third-order valence-corrected chi connectivity index (χ3v) is 5.50. The van der Waals surface area contributed by atoms with Crippen LogP contribution in [-0.2, 0) is 21.4 Å². The van der Waals surface area contributed by atoms with Gasteiger partial charge in [-0.1, -0.05) is 45.2 Å². The topological polar surface area (TPSA) is 81.5 Å². The second-order valence-corrected chi connectivity index (χ2v) is 7.73. The Morgan fingerprint density at radius 1 is 1.10 bits per heavy atom. The number of unbranched alkanes of at least 4 members (excludes halogenated alkanes) is 3. The van der Waals surface area contributed by atoms with E-state index < -0.39 is 0 Å². The van der Waals surface area contributed by atoms with Gasteiger partial charge in [0.05, 0.1) is 30.0 Å². The lowest BCUT2D eigenvalue weighted by molar-refractivity contribution is -0.146. The molecule has 2 aromatic rings. The molecule has 0 bridgehead atoms. The summed E-state index contributed by atoms with van der Waals surface area (Å²) in [5.41, 5.74) is 0.507. The predicted molar refractivity (Wildman–Crippen MR) is 122 cm³/mol. The van der Waals surface area contributed by atoms with E-state index in [4.69, 9.17) is 9.72 Å². The average Bonchev–Trinajstić information content (AvgIpc) is 2.77. The molecule has 0 N–H and O–H groups in total. The van der Waals surface area contributed by atoms with E-state index in [2.05, 4.69) is 6.92 Å². The maximum atomic E-state index is 13.2. The van der Waals surface area contributed by atoms with Crippen LogP contribution in [-0.4, -0.2) is 39.5 Å². The number of nitrogens with zero attached hydrogens (tertiary/aromatic N) is 3. The average molecular weight is 430 g/mol. The highest BCUT2D eigenvalue weighted by molar-refractivity contribution is 5.82. The summed E-state index contributed by atoms with van der Waals surface area (Å²) in [4.78, 5) is 44.4. The number of rotatable bonds is 12. The number of aromatic nitrogens is 2. The van der Waals surface area contributed by atoms with E-state index in [0.717, 1.165) is 25.7 Å². The normalized spacial score (nSPS) is 12.0. The third-order valence-electron chi connectivity index (χ3n) is 5.50. The summed E-state index contributed by atoms with van der Waals surface area (Å²) in [7, 11) is 1.71. The fourth-order valence-corrected chi connectivity index (χ4v) is 3.82. The zero-order chi connectivity index (χ0) is 22.8. The van der Waals surface area contributed by atoms with Crippen LogP contribution in [0.2, 0.25) is 0 Å². The Morgan fingerprint density at radius 2 is 1.84 bits per heavy atom. The number of hydrogen-bond acceptors (Lipinski definition) is 5. The Morgan fingerprint density at radius 3 is 2.52 bits per heavy atom. The van der Waals surface area contributed by atoms with Crippen molar-refractivity contribution in [3.8, 4) is 0 Å². The Hall–Kier alpha value is -2.70. The summed E-state index contributed by atoms with van der Waals surface area (Å²) >= 11 is 0. The molecule has 1 unspecified atom stereocenters. The van der Waals surface area contributed by atoms with Crippen LogP contribution in [0.3, 0.4) is 0 Å². The highest BCUT2D eigenvalue weighted by Crippen LogP contribution is 2.25. The van der Waals surface area contributed by atoms with Gasteiger partial charge < -0.3 is 9.64 Å². The van der Waals surface area contributed by atoms with Gasteiger partial charge in [-0.15, -0.1) is 0 Å². The van der Waals surface area contributed by atoms with Crippen LogP contribution in [0.1, 0.15) is 77.6 Å². The molecular formula is C24H35N3O4. The molecule has 0 saturated heterocycles. The maximum absolute atomic E-state index is 13.2. The lowest BCUT2D eigenvalue weighted by Crippen LogP contribution is -2.39. The van der Waals surface area contributed by atoms with Crippen molar-refractivity contribution in [3.05, 3.63) is 40.4 Å². The van der Waals surface area contributed by atoms with Gasteiger partial charge in [0.1, 0.15) is 5.82 Å². The maximum Gasteiger partial charge on any atom is 0.306 e. The zero-order valence-corrected chi connectivity index (χ0v) is 19.2. The van der Waals surface area contributed by atoms with Crippen LogP contribution < -0.4 is 5.56 Å². The van der Waals surface area contributed by atoms with E-state index >= 15 is 0 Å². The predicted octanol–water partition coefficient (Wildman–Crippen LogP) is 4.14. The van der Waals surface area contributed by atoms with Crippen LogP contribution in [0.4, 0.5) is 0 Å². The molecule has 7 heteroatoms. The van der Waals surface area contributed by atoms with E-state index in [-0.39, 0.29) is 36.3 Å². The van der Waals surface area contributed by atoms with Gasteiger partial charge in [-0.25, -0.2) is 4.98 Å². The zero-order valence-electron chi connectivity index (χ0n) is 19.2. The number of ether oxygens (including phenoxy) is 1. The van der Waals surface area contributed by atoms with Gasteiger partial charge in [-0.3, -0.25) is 19.0 Å². The molecule has 0 aliphatic rings. The van der Waals surface area contributed by atoms with Gasteiger partial charge in [0.15, 0.2) is 0 Å². The highest BCUT2D eigenvalue weighted by atomic mass is 16.5. The quantitative estimate of drug-likeness (QED) is 0.374. The van der Waals surface area contributed by atoms with Gasteiger partial charge in [0.25, 0.3) is 5.56 Å². The highest BCUT2D eigenvalue weighted by Gasteiger charge is 2.27. The van der Waals surface area contributed by atoms with Crippen molar-refractivity contribution >= 4 is 22.8 Å². The van der Waals surface area contributed by atoms with Gasteiger partial charge in [-0.2, -0.15) is 0 Å². The molecule has 0 spiro atoms. The first-order valence-electron chi connectivity index (χ1n) is 11.3. The number of amides is 1. The van der Waals surface area contributed by atoms with Gasteiger partial charge in [0.2, 0.25) is 5.91 Å². The Bertz CT molecular complexity index is 938. The fourth-order valence-electron chi connectivity index (χ4n) is 3.82. The summed E-state index contributed by atoms with van der Waals surface area (Å²) in [5.74, 6) is 0.0936. The first-order valence-corrected chi connectivity index (χ1v) is 11.3. The lowest BCUT2D eigenvalue weighted by atomic mass is 10.1. The van der Waals surface area contributed by atoms with Crippen LogP contribution in [0.25, 0.3) is 10.9 Å². The van der Waals surface area contributed by atoms with Crippen molar-refractivity contribution < 1.29 is 14.3 Å². The number of carbonyl (C=O) groups is 2. The summed E-state index contributed by atoms with van der Waals surface area (Å²) in [6, 6.07) is 6.93. The molecule has 1 heterocycles. The van der Waals surface area contributed by atoms with Crippen molar-refractivity contribution in [1.82, 2.24) is 14.5 Å². The van der Waals surface area contributed by atoms with Crippen LogP contribution >= 0.6 is 0 Å². The Kier molecular flexibility index (Phi) is 9.69. The molecule has 0 radical (unpaired) electrons. The Balaban J connectivity index is 2.36. The smallest absolute Gasteiger partial charge is 0.306 e. The summed E-state index contributed by atoms with van der Waals surface area (Å²) in [5, 5.41) is 0.562. The SMILES string of the molecule is CCCCCCN(C(=O)CCC(=O)OCC)C(CC)c1nc2ccccc2c(=O)n1C. The van der Waals surface area contributed by atoms with Crippen molar-refractivity contribution in [2.24, 2.45) is 7.05 Å². The first kappa shape index (κ1) is 24.6. The molecule has 1 aromatic carbocycles. The van der Waals surface area contributed by atoms with Gasteiger partial charge in [0, 0.05) is 20.0 Å². The third kappa shape index (κ3) is 6.39. The van der Waals surface area contributed by atoms with E-state index in [1.165, 1.54) is 0 Å². The van der Waals surface area contributed by atoms with Crippen molar-refractivity contribution in [2.75, 3.05) is 13.2 Å². The molecule has 1 aromatic heterocycles. The van der Waals surface area contributed by atoms with Crippen LogP contribution in [0.5, 0.6) is 0 Å². The van der Waals surface area contributed by atoms with Crippen LogP contribution in [0.15, 0.2) is 29.1 Å². The number of para-hydroxylation sites is 1. The molecular weight excluding hydrogens is 394 g/mol. The molecule has 0 saturated carbocycles. The van der Waals surface area contributed by atoms with Gasteiger partial charge >= 0.3 is 5.97 Å². The second-order valence-electron chi connectivity index (χ2n) is 7.73. The van der Waals surface area contributed by atoms with Crippen molar-refractivity contribution in [2.45, 2.75) is 71.8 Å². The minimum absolute atomic E-state index is 0.0542. The number of carbonyl (C=O) groups excluding carboxylic acids is 2. The van der Waals surface area contributed by atoms with E-state index in [0.29, 0.717) is 36.3 Å². The molecule has 170 valence electrons. The summed E-state index contributed by atoms with van der Waals surface area (Å²) in [6.45, 7) is 6.76. The molecule has 0 fully saturated rings. The number of benzene rings is 1. The minimum atomic E-state index is -0.369. The molecule has 0 aliphatic heterocycles. The Labute approximate surface area is 184 Å². The van der Waals surface area contributed by atoms with E-state index in [1.54, 1.807) is 29.5 Å². The van der Waals surface area contributed by atoms with Crippen LogP contribution in [0, 0.1) is 0 Å². The molecule has 31 heavy (non-hydrogen) atoms. The standard InChI is InChI=1S/C24H35N3O4/c1-5-8-9-12-17-27(21(28)15-16-22(29)31-7-3)20(6-2)23-25-19-14-11-10-13-18(19)24(30)26(23)4/h10-11,13-14,20H,5-9,12,15-17H2,1-4H3. The monoisotopic (exact) mass is 429 g/mol. The van der Waals surface area contributed by atoms with E-state index in [1.807, 2.05) is 25.1 Å². The summed E-state index contributed by atoms with van der Waals surface area (Å²) in [6.07, 6.45) is 4.87. The molecule has 2 rings (SSSR count). The fraction of sp³-hybridized carbons (Fsp3) is 0.583. The minimum Gasteiger partial charge on any atom is -0.466 e. The number of esters is 1. The lowest BCUT2D eigenvalue weighted by Gasteiger charge is -2.32. The molecule has 1 atom stereocenters. The first-order chi connectivity index (χ1) is 14.9. The van der Waals surface area contributed by atoms with Gasteiger partial charge in [-0.05, 0) is 31.9 Å². The molecule has 0 aliphatic carbocycles. The molecule has 1 amide bonds.